The zero-order chi connectivity index (χ0) is 14.3. The van der Waals surface area contributed by atoms with Crippen molar-refractivity contribution in [1.29, 1.82) is 0 Å². The first-order valence-corrected chi connectivity index (χ1v) is 7.82. The molecule has 0 aromatic rings. The van der Waals surface area contributed by atoms with Crippen molar-refractivity contribution in [2.24, 2.45) is 0 Å². The predicted molar refractivity (Wildman–Crippen MR) is 74.1 cm³/mol. The minimum atomic E-state index is -0.252. The van der Waals surface area contributed by atoms with Gasteiger partial charge in [0.05, 0.1) is 6.10 Å². The van der Waals surface area contributed by atoms with Gasteiger partial charge in [-0.2, -0.15) is 0 Å². The van der Waals surface area contributed by atoms with E-state index in [2.05, 4.69) is 0 Å². The number of hydrogen-bond donors (Lipinski definition) is 0. The van der Waals surface area contributed by atoms with Crippen molar-refractivity contribution in [3.63, 3.8) is 0 Å². The van der Waals surface area contributed by atoms with Gasteiger partial charge in [-0.05, 0) is 38.5 Å². The van der Waals surface area contributed by atoms with Crippen LogP contribution < -0.4 is 0 Å². The molecule has 4 unspecified atom stereocenters. The van der Waals surface area contributed by atoms with Gasteiger partial charge in [-0.15, -0.1) is 0 Å². The molecular formula is C15H24N2O3. The quantitative estimate of drug-likeness (QED) is 0.779. The van der Waals surface area contributed by atoms with E-state index in [4.69, 9.17) is 4.74 Å². The number of ether oxygens (including phenoxy) is 1. The van der Waals surface area contributed by atoms with Gasteiger partial charge in [0.1, 0.15) is 12.1 Å². The highest BCUT2D eigenvalue weighted by Crippen LogP contribution is 2.34. The molecule has 0 aromatic heterocycles. The fraction of sp³-hybridized carbons (Fsp3) is 0.867. The summed E-state index contributed by atoms with van der Waals surface area (Å²) < 4.78 is 5.42. The second-order valence-electron chi connectivity index (χ2n) is 6.18. The largest absolute Gasteiger partial charge is 0.381 e. The van der Waals surface area contributed by atoms with Crippen LogP contribution in [0.3, 0.4) is 0 Å². The molecule has 4 atom stereocenters. The van der Waals surface area contributed by atoms with Gasteiger partial charge < -0.3 is 14.5 Å². The Labute approximate surface area is 120 Å². The van der Waals surface area contributed by atoms with Crippen molar-refractivity contribution in [2.45, 2.75) is 69.7 Å². The summed E-state index contributed by atoms with van der Waals surface area (Å²) in [5, 5.41) is 0. The van der Waals surface area contributed by atoms with Crippen molar-refractivity contribution in [3.8, 4) is 0 Å². The monoisotopic (exact) mass is 280 g/mol. The second-order valence-corrected chi connectivity index (χ2v) is 6.18. The van der Waals surface area contributed by atoms with E-state index in [1.54, 1.807) is 7.11 Å². The average Bonchev–Trinajstić information content (AvgIpc) is 3.10. The highest BCUT2D eigenvalue weighted by atomic mass is 16.5. The molecular weight excluding hydrogens is 256 g/mol. The number of nitrogens with zero attached hydrogens (tertiary/aromatic N) is 2. The van der Waals surface area contributed by atoms with E-state index in [1.165, 1.54) is 0 Å². The molecule has 1 saturated carbocycles. The smallest absolute Gasteiger partial charge is 0.246 e. The number of rotatable bonds is 3. The Morgan fingerprint density at radius 3 is 2.65 bits per heavy atom. The fourth-order valence-electron chi connectivity index (χ4n) is 4.11. The number of piperazine rings is 1. The summed E-state index contributed by atoms with van der Waals surface area (Å²) in [6.07, 6.45) is 5.56. The van der Waals surface area contributed by atoms with Gasteiger partial charge in [-0.3, -0.25) is 9.59 Å². The lowest BCUT2D eigenvalue weighted by Crippen LogP contribution is -2.64. The van der Waals surface area contributed by atoms with Gasteiger partial charge in [-0.25, -0.2) is 0 Å². The Kier molecular flexibility index (Phi) is 3.71. The molecule has 5 heteroatoms. The maximum Gasteiger partial charge on any atom is 0.246 e. The van der Waals surface area contributed by atoms with Crippen LogP contribution in [0.1, 0.15) is 45.4 Å². The number of hydrogen-bond acceptors (Lipinski definition) is 3. The summed E-state index contributed by atoms with van der Waals surface area (Å²) in [6, 6.07) is -0.256. The molecule has 2 aliphatic heterocycles. The molecule has 1 aliphatic carbocycles. The molecule has 0 N–H and O–H groups in total. The van der Waals surface area contributed by atoms with Crippen LogP contribution in [0.2, 0.25) is 0 Å². The molecule has 2 saturated heterocycles. The number of carbonyl (C=O) groups is 2. The third-order valence-corrected chi connectivity index (χ3v) is 5.17. The van der Waals surface area contributed by atoms with Crippen LogP contribution >= 0.6 is 0 Å². The Morgan fingerprint density at radius 1 is 1.20 bits per heavy atom. The molecule has 0 spiro atoms. The molecule has 5 nitrogen and oxygen atoms in total. The Hall–Kier alpha value is -1.10. The molecule has 2 amide bonds. The molecule has 0 aromatic carbocycles. The van der Waals surface area contributed by atoms with E-state index in [-0.39, 0.29) is 36.0 Å². The second kappa shape index (κ2) is 5.35. The molecule has 0 radical (unpaired) electrons. The van der Waals surface area contributed by atoms with Crippen LogP contribution in [0.15, 0.2) is 0 Å². The highest BCUT2D eigenvalue weighted by Gasteiger charge is 2.50. The van der Waals surface area contributed by atoms with Gasteiger partial charge >= 0.3 is 0 Å². The molecule has 3 aliphatic rings. The SMILES string of the molecule is CCC1C(=O)N2CCCC2C(=O)N1C1CCC(OC)C1. The number of methoxy groups -OCH3 is 1. The van der Waals surface area contributed by atoms with E-state index >= 15 is 0 Å². The lowest BCUT2D eigenvalue weighted by atomic mass is 9.99. The Morgan fingerprint density at radius 2 is 2.00 bits per heavy atom. The maximum atomic E-state index is 12.8. The predicted octanol–water partition coefficient (Wildman–Crippen LogP) is 1.17. The van der Waals surface area contributed by atoms with Crippen molar-refractivity contribution >= 4 is 11.8 Å². The van der Waals surface area contributed by atoms with E-state index in [0.717, 1.165) is 38.6 Å². The number of carbonyl (C=O) groups excluding carboxylic acids is 2. The summed E-state index contributed by atoms with van der Waals surface area (Å²) >= 11 is 0. The normalized spacial score (nSPS) is 37.7. The summed E-state index contributed by atoms with van der Waals surface area (Å²) in [7, 11) is 1.73. The van der Waals surface area contributed by atoms with Crippen molar-refractivity contribution in [3.05, 3.63) is 0 Å². The van der Waals surface area contributed by atoms with Crippen molar-refractivity contribution in [1.82, 2.24) is 9.80 Å². The van der Waals surface area contributed by atoms with E-state index in [1.807, 2.05) is 16.7 Å². The highest BCUT2D eigenvalue weighted by molar-refractivity contribution is 5.97. The summed E-state index contributed by atoms with van der Waals surface area (Å²) in [5.74, 6) is 0.339. The molecule has 112 valence electrons. The van der Waals surface area contributed by atoms with Crippen LogP contribution in [0.5, 0.6) is 0 Å². The molecule has 3 rings (SSSR count). The van der Waals surface area contributed by atoms with Gasteiger partial charge in [0, 0.05) is 19.7 Å². The molecule has 0 bridgehead atoms. The van der Waals surface area contributed by atoms with Gasteiger partial charge in [0.15, 0.2) is 0 Å². The first kappa shape index (κ1) is 13.9. The topological polar surface area (TPSA) is 49.9 Å². The number of amides is 2. The van der Waals surface area contributed by atoms with Gasteiger partial charge in [0.25, 0.3) is 0 Å². The summed E-state index contributed by atoms with van der Waals surface area (Å²) in [5.41, 5.74) is 0. The van der Waals surface area contributed by atoms with Gasteiger partial charge in [0.2, 0.25) is 11.8 Å². The first-order chi connectivity index (χ1) is 9.67. The number of fused-ring (bicyclic) bond motifs is 1. The molecule has 20 heavy (non-hydrogen) atoms. The molecule has 2 heterocycles. The van der Waals surface area contributed by atoms with Crippen LogP contribution in [0, 0.1) is 0 Å². The maximum absolute atomic E-state index is 12.8. The van der Waals surface area contributed by atoms with Crippen LogP contribution in [-0.2, 0) is 14.3 Å². The van der Waals surface area contributed by atoms with E-state index in [0.29, 0.717) is 6.42 Å². The van der Waals surface area contributed by atoms with E-state index in [9.17, 15) is 9.59 Å². The van der Waals surface area contributed by atoms with Gasteiger partial charge in [-0.1, -0.05) is 6.92 Å². The fourth-order valence-corrected chi connectivity index (χ4v) is 4.11. The van der Waals surface area contributed by atoms with Crippen LogP contribution in [0.25, 0.3) is 0 Å². The van der Waals surface area contributed by atoms with Crippen LogP contribution in [0.4, 0.5) is 0 Å². The third kappa shape index (κ3) is 2.03. The van der Waals surface area contributed by atoms with Crippen molar-refractivity contribution < 1.29 is 14.3 Å². The standard InChI is InChI=1S/C15H24N2O3/c1-3-12-14(18)16-8-4-5-13(16)15(19)17(12)10-6-7-11(9-10)20-2/h10-13H,3-9H2,1-2H3. The lowest BCUT2D eigenvalue weighted by molar-refractivity contribution is -0.162. The zero-order valence-corrected chi connectivity index (χ0v) is 12.4. The Balaban J connectivity index is 1.84. The average molecular weight is 280 g/mol. The minimum absolute atomic E-state index is 0.162. The zero-order valence-electron chi connectivity index (χ0n) is 12.4. The summed E-state index contributed by atoms with van der Waals surface area (Å²) in [4.78, 5) is 29.1. The first-order valence-electron chi connectivity index (χ1n) is 7.82. The Bertz CT molecular complexity index is 412. The van der Waals surface area contributed by atoms with E-state index < -0.39 is 0 Å². The van der Waals surface area contributed by atoms with Crippen molar-refractivity contribution in [2.75, 3.05) is 13.7 Å². The lowest BCUT2D eigenvalue weighted by Gasteiger charge is -2.45. The minimum Gasteiger partial charge on any atom is -0.381 e. The summed E-state index contributed by atoms with van der Waals surface area (Å²) in [6.45, 7) is 2.76. The third-order valence-electron chi connectivity index (χ3n) is 5.17. The van der Waals surface area contributed by atoms with Crippen LogP contribution in [-0.4, -0.2) is 59.5 Å². The molecule has 3 fully saturated rings.